The van der Waals surface area contributed by atoms with E-state index in [9.17, 15) is 4.79 Å². The highest BCUT2D eigenvalue weighted by molar-refractivity contribution is 5.80. The third kappa shape index (κ3) is 4.75. The van der Waals surface area contributed by atoms with Crippen molar-refractivity contribution in [1.82, 2.24) is 10.2 Å². The fraction of sp³-hybridized carbons (Fsp3) is 0.929. The Morgan fingerprint density at radius 3 is 2.79 bits per heavy atom. The number of likely N-dealkylation sites (N-methyl/N-ethyl adjacent to an activating group) is 2. The molecule has 1 fully saturated rings. The number of esters is 1. The van der Waals surface area contributed by atoms with E-state index in [1.807, 2.05) is 6.92 Å². The molecule has 0 aliphatic carbocycles. The highest BCUT2D eigenvalue weighted by Gasteiger charge is 2.31. The highest BCUT2D eigenvalue weighted by atomic mass is 16.5. The van der Waals surface area contributed by atoms with Crippen LogP contribution in [0.2, 0.25) is 0 Å². The zero-order chi connectivity index (χ0) is 14.3. The van der Waals surface area contributed by atoms with Gasteiger partial charge in [0.15, 0.2) is 0 Å². The van der Waals surface area contributed by atoms with Crippen LogP contribution < -0.4 is 5.32 Å². The number of rotatable bonds is 8. The molecule has 1 N–H and O–H groups in total. The first kappa shape index (κ1) is 16.4. The van der Waals surface area contributed by atoms with Gasteiger partial charge in [-0.3, -0.25) is 4.79 Å². The van der Waals surface area contributed by atoms with Crippen molar-refractivity contribution in [2.75, 3.05) is 41.0 Å². The van der Waals surface area contributed by atoms with Crippen LogP contribution in [0.25, 0.3) is 0 Å². The van der Waals surface area contributed by atoms with Crippen molar-refractivity contribution >= 4 is 5.97 Å². The number of carbonyl (C=O) groups is 1. The summed E-state index contributed by atoms with van der Waals surface area (Å²) in [5, 5.41) is 3.06. The van der Waals surface area contributed by atoms with Gasteiger partial charge in [-0.25, -0.2) is 0 Å². The summed E-state index contributed by atoms with van der Waals surface area (Å²) in [4.78, 5) is 14.1. The molecule has 0 bridgehead atoms. The summed E-state index contributed by atoms with van der Waals surface area (Å²) in [6.45, 7) is 4.68. The van der Waals surface area contributed by atoms with E-state index in [2.05, 4.69) is 17.3 Å². The fourth-order valence-corrected chi connectivity index (χ4v) is 2.45. The van der Waals surface area contributed by atoms with Gasteiger partial charge >= 0.3 is 5.97 Å². The summed E-state index contributed by atoms with van der Waals surface area (Å²) in [5.41, 5.74) is -0.566. The van der Waals surface area contributed by atoms with Crippen LogP contribution in [-0.4, -0.2) is 63.4 Å². The molecule has 0 saturated carbocycles. The Morgan fingerprint density at radius 2 is 2.26 bits per heavy atom. The minimum Gasteiger partial charge on any atom is -0.468 e. The topological polar surface area (TPSA) is 50.8 Å². The van der Waals surface area contributed by atoms with E-state index in [0.29, 0.717) is 6.04 Å². The third-order valence-electron chi connectivity index (χ3n) is 4.15. The van der Waals surface area contributed by atoms with Crippen molar-refractivity contribution in [1.29, 1.82) is 0 Å². The summed E-state index contributed by atoms with van der Waals surface area (Å²) < 4.78 is 10.2. The van der Waals surface area contributed by atoms with Crippen molar-refractivity contribution in [2.24, 2.45) is 0 Å². The van der Waals surface area contributed by atoms with Gasteiger partial charge in [-0.15, -0.1) is 0 Å². The van der Waals surface area contributed by atoms with Gasteiger partial charge in [0.05, 0.1) is 13.7 Å². The van der Waals surface area contributed by atoms with Crippen molar-refractivity contribution < 1.29 is 14.3 Å². The summed E-state index contributed by atoms with van der Waals surface area (Å²) in [6, 6.07) is 0.566. The average Bonchev–Trinajstić information content (AvgIpc) is 2.96. The molecule has 0 radical (unpaired) electrons. The van der Waals surface area contributed by atoms with E-state index >= 15 is 0 Å². The lowest BCUT2D eigenvalue weighted by molar-refractivity contribution is -0.148. The first-order valence-electron chi connectivity index (χ1n) is 7.09. The molecule has 5 nitrogen and oxygen atoms in total. The van der Waals surface area contributed by atoms with E-state index in [1.165, 1.54) is 7.11 Å². The van der Waals surface area contributed by atoms with Crippen LogP contribution in [0.4, 0.5) is 0 Å². The summed E-state index contributed by atoms with van der Waals surface area (Å²) in [5.74, 6) is -0.187. The van der Waals surface area contributed by atoms with Gasteiger partial charge in [0.25, 0.3) is 0 Å². The number of nitrogens with one attached hydrogen (secondary N) is 1. The van der Waals surface area contributed by atoms with E-state index in [-0.39, 0.29) is 5.97 Å². The van der Waals surface area contributed by atoms with Crippen LogP contribution in [0, 0.1) is 0 Å². The number of nitrogens with zero attached hydrogens (tertiary/aromatic N) is 1. The van der Waals surface area contributed by atoms with Crippen LogP contribution in [0.1, 0.15) is 32.6 Å². The zero-order valence-electron chi connectivity index (χ0n) is 12.7. The molecule has 1 aliphatic heterocycles. The molecule has 112 valence electrons. The monoisotopic (exact) mass is 272 g/mol. The Morgan fingerprint density at radius 1 is 1.53 bits per heavy atom. The van der Waals surface area contributed by atoms with Gasteiger partial charge in [0.1, 0.15) is 5.54 Å². The molecule has 19 heavy (non-hydrogen) atoms. The molecule has 0 spiro atoms. The van der Waals surface area contributed by atoms with Crippen molar-refractivity contribution in [3.8, 4) is 0 Å². The molecule has 0 amide bonds. The number of unbranched alkanes of at least 4 members (excludes halogenated alkanes) is 1. The molecule has 2 atom stereocenters. The number of carbonyl (C=O) groups excluding carboxylic acids is 1. The SMILES string of the molecule is CNC(C)(CCCCN(C)C1CCOC1)C(=O)OC. The molecule has 0 aromatic carbocycles. The highest BCUT2D eigenvalue weighted by Crippen LogP contribution is 2.16. The normalized spacial score (nSPS) is 22.5. The van der Waals surface area contributed by atoms with Crippen molar-refractivity contribution in [3.05, 3.63) is 0 Å². The fourth-order valence-electron chi connectivity index (χ4n) is 2.45. The van der Waals surface area contributed by atoms with Crippen LogP contribution in [-0.2, 0) is 14.3 Å². The lowest BCUT2D eigenvalue weighted by atomic mass is 9.95. The van der Waals surface area contributed by atoms with E-state index in [4.69, 9.17) is 9.47 Å². The van der Waals surface area contributed by atoms with E-state index in [1.54, 1.807) is 7.05 Å². The van der Waals surface area contributed by atoms with Crippen LogP contribution in [0.3, 0.4) is 0 Å². The zero-order valence-corrected chi connectivity index (χ0v) is 12.7. The van der Waals surface area contributed by atoms with Crippen molar-refractivity contribution in [3.63, 3.8) is 0 Å². The maximum atomic E-state index is 11.7. The minimum atomic E-state index is -0.566. The van der Waals surface area contributed by atoms with Crippen LogP contribution in [0.15, 0.2) is 0 Å². The second kappa shape index (κ2) is 7.82. The van der Waals surface area contributed by atoms with Gasteiger partial charge in [-0.1, -0.05) is 0 Å². The third-order valence-corrected chi connectivity index (χ3v) is 4.15. The number of ether oxygens (including phenoxy) is 2. The lowest BCUT2D eigenvalue weighted by Gasteiger charge is -2.27. The Hall–Kier alpha value is -0.650. The molecular weight excluding hydrogens is 244 g/mol. The second-order valence-electron chi connectivity index (χ2n) is 5.53. The summed E-state index contributed by atoms with van der Waals surface area (Å²) in [6.07, 6.45) is 4.02. The Labute approximate surface area is 116 Å². The van der Waals surface area contributed by atoms with Gasteiger partial charge in [0.2, 0.25) is 0 Å². The molecule has 1 aliphatic rings. The first-order chi connectivity index (χ1) is 9.03. The Bertz CT molecular complexity index is 280. The Balaban J connectivity index is 2.23. The maximum absolute atomic E-state index is 11.7. The van der Waals surface area contributed by atoms with Gasteiger partial charge in [0, 0.05) is 12.6 Å². The average molecular weight is 272 g/mol. The molecule has 1 rings (SSSR count). The van der Waals surface area contributed by atoms with Crippen LogP contribution in [0.5, 0.6) is 0 Å². The molecule has 2 unspecified atom stereocenters. The van der Waals surface area contributed by atoms with E-state index in [0.717, 1.165) is 45.4 Å². The molecule has 1 saturated heterocycles. The predicted octanol–water partition coefficient (Wildman–Crippen LogP) is 1.03. The first-order valence-corrected chi connectivity index (χ1v) is 7.09. The molecule has 1 heterocycles. The number of hydrogen-bond donors (Lipinski definition) is 1. The minimum absolute atomic E-state index is 0.187. The quantitative estimate of drug-likeness (QED) is 0.528. The smallest absolute Gasteiger partial charge is 0.325 e. The number of methoxy groups -OCH3 is 1. The molecule has 5 heteroatoms. The molecule has 0 aromatic heterocycles. The molecular formula is C14H28N2O3. The molecule has 0 aromatic rings. The van der Waals surface area contributed by atoms with Gasteiger partial charge in [-0.05, 0) is 53.2 Å². The second-order valence-corrected chi connectivity index (χ2v) is 5.53. The number of hydrogen-bond acceptors (Lipinski definition) is 5. The summed E-state index contributed by atoms with van der Waals surface area (Å²) in [7, 11) is 5.39. The maximum Gasteiger partial charge on any atom is 0.325 e. The largest absolute Gasteiger partial charge is 0.468 e. The predicted molar refractivity (Wildman–Crippen MR) is 75.2 cm³/mol. The van der Waals surface area contributed by atoms with E-state index < -0.39 is 5.54 Å². The summed E-state index contributed by atoms with van der Waals surface area (Å²) >= 11 is 0. The Kier molecular flexibility index (Phi) is 6.75. The lowest BCUT2D eigenvalue weighted by Crippen LogP contribution is -2.48. The van der Waals surface area contributed by atoms with Gasteiger partial charge in [-0.2, -0.15) is 0 Å². The standard InChI is InChI=1S/C14H28N2O3/c1-14(15-2,13(17)18-4)8-5-6-9-16(3)12-7-10-19-11-12/h12,15H,5-11H2,1-4H3. The van der Waals surface area contributed by atoms with Crippen molar-refractivity contribution in [2.45, 2.75) is 44.2 Å². The van der Waals surface area contributed by atoms with Gasteiger partial charge < -0.3 is 19.7 Å². The van der Waals surface area contributed by atoms with Crippen LogP contribution >= 0.6 is 0 Å².